The molecule has 1 saturated carbocycles. The Morgan fingerprint density at radius 2 is 2.31 bits per heavy atom. The molecule has 2 aliphatic rings. The van der Waals surface area contributed by atoms with Gasteiger partial charge >= 0.3 is 0 Å². The lowest BCUT2D eigenvalue weighted by Crippen LogP contribution is -2.57. The number of hydrogen-bond acceptors (Lipinski definition) is 3. The SMILES string of the molecule is CN1CC(C(=O)NC2(CO)CCC2)CC1=O. The van der Waals surface area contributed by atoms with Crippen molar-refractivity contribution in [2.75, 3.05) is 20.2 Å². The molecule has 5 nitrogen and oxygen atoms in total. The quantitative estimate of drug-likeness (QED) is 0.681. The number of nitrogens with one attached hydrogen (secondary N) is 1. The average molecular weight is 226 g/mol. The first-order valence-electron chi connectivity index (χ1n) is 5.73. The Morgan fingerprint density at radius 3 is 2.69 bits per heavy atom. The van der Waals surface area contributed by atoms with Gasteiger partial charge in [0.15, 0.2) is 0 Å². The van der Waals surface area contributed by atoms with Gasteiger partial charge in [0.1, 0.15) is 0 Å². The third-order valence-corrected chi connectivity index (χ3v) is 3.71. The van der Waals surface area contributed by atoms with E-state index in [-0.39, 0.29) is 24.3 Å². The molecule has 0 aromatic heterocycles. The maximum atomic E-state index is 11.9. The second-order valence-electron chi connectivity index (χ2n) is 4.96. The highest BCUT2D eigenvalue weighted by molar-refractivity contribution is 5.89. The molecule has 0 aromatic carbocycles. The number of rotatable bonds is 3. The number of hydrogen-bond donors (Lipinski definition) is 2. The zero-order valence-corrected chi connectivity index (χ0v) is 9.53. The first-order chi connectivity index (χ1) is 7.56. The van der Waals surface area contributed by atoms with Crippen LogP contribution in [0.3, 0.4) is 0 Å². The van der Waals surface area contributed by atoms with Gasteiger partial charge in [0.2, 0.25) is 11.8 Å². The van der Waals surface area contributed by atoms with Crippen molar-refractivity contribution < 1.29 is 14.7 Å². The fraction of sp³-hybridized carbons (Fsp3) is 0.818. The van der Waals surface area contributed by atoms with E-state index in [9.17, 15) is 14.7 Å². The summed E-state index contributed by atoms with van der Waals surface area (Å²) in [5, 5.41) is 12.1. The summed E-state index contributed by atoms with van der Waals surface area (Å²) in [7, 11) is 1.71. The molecule has 1 unspecified atom stereocenters. The molecule has 0 radical (unpaired) electrons. The topological polar surface area (TPSA) is 69.6 Å². The van der Waals surface area contributed by atoms with Crippen molar-refractivity contribution in [3.05, 3.63) is 0 Å². The number of likely N-dealkylation sites (tertiary alicyclic amines) is 1. The van der Waals surface area contributed by atoms with E-state index >= 15 is 0 Å². The van der Waals surface area contributed by atoms with Crippen LogP contribution >= 0.6 is 0 Å². The number of carbonyl (C=O) groups is 2. The molecule has 0 bridgehead atoms. The van der Waals surface area contributed by atoms with Crippen molar-refractivity contribution in [2.24, 2.45) is 5.92 Å². The summed E-state index contributed by atoms with van der Waals surface area (Å²) in [4.78, 5) is 24.8. The van der Waals surface area contributed by atoms with E-state index in [0.717, 1.165) is 19.3 Å². The maximum absolute atomic E-state index is 11.9. The van der Waals surface area contributed by atoms with Crippen molar-refractivity contribution in [1.29, 1.82) is 0 Å². The van der Waals surface area contributed by atoms with Gasteiger partial charge in [0, 0.05) is 20.0 Å². The van der Waals surface area contributed by atoms with Gasteiger partial charge in [-0.15, -0.1) is 0 Å². The second-order valence-corrected chi connectivity index (χ2v) is 4.96. The molecule has 90 valence electrons. The fourth-order valence-corrected chi connectivity index (χ4v) is 2.33. The van der Waals surface area contributed by atoms with Crippen molar-refractivity contribution >= 4 is 11.8 Å². The predicted octanol–water partition coefficient (Wildman–Crippen LogP) is -0.504. The van der Waals surface area contributed by atoms with Crippen molar-refractivity contribution in [3.8, 4) is 0 Å². The molecule has 0 aromatic rings. The lowest BCUT2D eigenvalue weighted by molar-refractivity contribution is -0.130. The van der Waals surface area contributed by atoms with Gasteiger partial charge < -0.3 is 15.3 Å². The summed E-state index contributed by atoms with van der Waals surface area (Å²) in [6, 6.07) is 0. The highest BCUT2D eigenvalue weighted by Crippen LogP contribution is 2.32. The van der Waals surface area contributed by atoms with E-state index in [0.29, 0.717) is 13.0 Å². The molecular formula is C11H18N2O3. The molecule has 16 heavy (non-hydrogen) atoms. The van der Waals surface area contributed by atoms with Crippen LogP contribution in [-0.4, -0.2) is 47.6 Å². The Labute approximate surface area is 94.8 Å². The summed E-state index contributed by atoms with van der Waals surface area (Å²) in [6.45, 7) is 0.488. The molecule has 1 aliphatic heterocycles. The normalized spacial score (nSPS) is 27.8. The first kappa shape index (κ1) is 11.4. The van der Waals surface area contributed by atoms with Crippen LogP contribution in [0.5, 0.6) is 0 Å². The molecule has 2 amide bonds. The van der Waals surface area contributed by atoms with Gasteiger partial charge in [0.05, 0.1) is 18.1 Å². The summed E-state index contributed by atoms with van der Waals surface area (Å²) < 4.78 is 0. The van der Waals surface area contributed by atoms with Crippen LogP contribution in [0, 0.1) is 5.92 Å². The van der Waals surface area contributed by atoms with Crippen LogP contribution in [0.4, 0.5) is 0 Å². The minimum atomic E-state index is -0.401. The van der Waals surface area contributed by atoms with E-state index in [1.165, 1.54) is 0 Å². The Bertz CT molecular complexity index is 307. The summed E-state index contributed by atoms with van der Waals surface area (Å²) in [6.07, 6.45) is 3.02. The van der Waals surface area contributed by atoms with Crippen LogP contribution in [0.1, 0.15) is 25.7 Å². The molecule has 1 aliphatic carbocycles. The molecule has 5 heteroatoms. The highest BCUT2D eigenvalue weighted by Gasteiger charge is 2.41. The summed E-state index contributed by atoms with van der Waals surface area (Å²) in [5.41, 5.74) is -0.401. The monoisotopic (exact) mass is 226 g/mol. The van der Waals surface area contributed by atoms with Gasteiger partial charge in [-0.05, 0) is 19.3 Å². The predicted molar refractivity (Wildman–Crippen MR) is 57.6 cm³/mol. The largest absolute Gasteiger partial charge is 0.394 e. The number of nitrogens with zero attached hydrogens (tertiary/aromatic N) is 1. The Balaban J connectivity index is 1.91. The molecule has 2 rings (SSSR count). The van der Waals surface area contributed by atoms with E-state index in [1.807, 2.05) is 0 Å². The van der Waals surface area contributed by atoms with E-state index in [2.05, 4.69) is 5.32 Å². The fourth-order valence-electron chi connectivity index (χ4n) is 2.33. The lowest BCUT2D eigenvalue weighted by Gasteiger charge is -2.41. The smallest absolute Gasteiger partial charge is 0.225 e. The van der Waals surface area contributed by atoms with Gasteiger partial charge in [-0.25, -0.2) is 0 Å². The number of aliphatic hydroxyl groups is 1. The van der Waals surface area contributed by atoms with Gasteiger partial charge in [-0.3, -0.25) is 9.59 Å². The van der Waals surface area contributed by atoms with Crippen molar-refractivity contribution in [1.82, 2.24) is 10.2 Å². The van der Waals surface area contributed by atoms with Gasteiger partial charge in [0.25, 0.3) is 0 Å². The molecule has 0 spiro atoms. The number of aliphatic hydroxyl groups excluding tert-OH is 1. The molecule has 1 heterocycles. The first-order valence-corrected chi connectivity index (χ1v) is 5.73. The summed E-state index contributed by atoms with van der Waals surface area (Å²) >= 11 is 0. The Kier molecular flexibility index (Phi) is 2.88. The second kappa shape index (κ2) is 4.05. The third kappa shape index (κ3) is 1.91. The van der Waals surface area contributed by atoms with E-state index < -0.39 is 5.54 Å². The van der Waals surface area contributed by atoms with Crippen LogP contribution in [0.2, 0.25) is 0 Å². The van der Waals surface area contributed by atoms with E-state index in [4.69, 9.17) is 0 Å². The standard InChI is InChI=1S/C11H18N2O3/c1-13-6-8(5-9(13)15)10(16)12-11(7-14)3-2-4-11/h8,14H,2-7H2,1H3,(H,12,16). The number of carbonyl (C=O) groups excluding carboxylic acids is 2. The molecule has 2 fully saturated rings. The zero-order valence-electron chi connectivity index (χ0n) is 9.53. The van der Waals surface area contributed by atoms with E-state index in [1.54, 1.807) is 11.9 Å². The average Bonchev–Trinajstić information content (AvgIpc) is 2.53. The minimum Gasteiger partial charge on any atom is -0.394 e. The maximum Gasteiger partial charge on any atom is 0.225 e. The zero-order chi connectivity index (χ0) is 11.8. The van der Waals surface area contributed by atoms with Crippen LogP contribution in [-0.2, 0) is 9.59 Å². The Hall–Kier alpha value is -1.10. The van der Waals surface area contributed by atoms with Crippen LogP contribution in [0.15, 0.2) is 0 Å². The minimum absolute atomic E-state index is 0.00472. The van der Waals surface area contributed by atoms with Gasteiger partial charge in [-0.2, -0.15) is 0 Å². The van der Waals surface area contributed by atoms with Crippen molar-refractivity contribution in [3.63, 3.8) is 0 Å². The van der Waals surface area contributed by atoms with Gasteiger partial charge in [-0.1, -0.05) is 0 Å². The Morgan fingerprint density at radius 1 is 1.62 bits per heavy atom. The summed E-state index contributed by atoms with van der Waals surface area (Å²) in [5.74, 6) is -0.320. The molecule has 1 saturated heterocycles. The van der Waals surface area contributed by atoms with Crippen LogP contribution < -0.4 is 5.32 Å². The highest BCUT2D eigenvalue weighted by atomic mass is 16.3. The van der Waals surface area contributed by atoms with Crippen LogP contribution in [0.25, 0.3) is 0 Å². The number of amides is 2. The third-order valence-electron chi connectivity index (χ3n) is 3.71. The molecule has 1 atom stereocenters. The lowest BCUT2D eigenvalue weighted by atomic mass is 9.77. The van der Waals surface area contributed by atoms with Crippen molar-refractivity contribution in [2.45, 2.75) is 31.2 Å². The molecular weight excluding hydrogens is 208 g/mol. The molecule has 2 N–H and O–H groups in total.